The van der Waals surface area contributed by atoms with Crippen LogP contribution >= 0.6 is 15.9 Å². The second-order valence-electron chi connectivity index (χ2n) is 2.45. The van der Waals surface area contributed by atoms with Gasteiger partial charge in [0, 0.05) is 4.48 Å². The maximum Gasteiger partial charge on any atom is 0.160 e. The lowest BCUT2D eigenvalue weighted by Gasteiger charge is -2.13. The highest BCUT2D eigenvalue weighted by molar-refractivity contribution is 9.12. The van der Waals surface area contributed by atoms with Crippen LogP contribution in [0.15, 0.2) is 22.2 Å². The lowest BCUT2D eigenvalue weighted by Crippen LogP contribution is -2.13. The smallest absolute Gasteiger partial charge is 0.160 e. The molecule has 0 aromatic carbocycles. The quantitative estimate of drug-likeness (QED) is 0.710. The molecule has 1 N–H and O–H groups in total. The summed E-state index contributed by atoms with van der Waals surface area (Å²) < 4.78 is 20.4. The van der Waals surface area contributed by atoms with Crippen LogP contribution in [-0.2, 0) is 11.1 Å². The highest BCUT2D eigenvalue weighted by Crippen LogP contribution is 2.24. The molecule has 0 heterocycles. The monoisotopic (exact) mass is 236 g/mol. The van der Waals surface area contributed by atoms with Crippen molar-refractivity contribution in [2.45, 2.75) is 18.6 Å². The van der Waals surface area contributed by atoms with E-state index in [1.54, 1.807) is 0 Å². The van der Waals surface area contributed by atoms with Crippen molar-refractivity contribution in [3.63, 3.8) is 0 Å². The lowest BCUT2D eigenvalue weighted by atomic mass is 10.1. The zero-order valence-corrected chi connectivity index (χ0v) is 8.48. The normalized spacial score (nSPS) is 27.4. The molecule has 0 spiro atoms. The van der Waals surface area contributed by atoms with Crippen LogP contribution in [0.2, 0.25) is 0 Å². The third-order valence-corrected chi connectivity index (χ3v) is 3.40. The van der Waals surface area contributed by atoms with Crippen molar-refractivity contribution in [3.8, 4) is 0 Å². The highest BCUT2D eigenvalue weighted by Gasteiger charge is 2.15. The Morgan fingerprint density at radius 2 is 2.45 bits per heavy atom. The summed E-state index contributed by atoms with van der Waals surface area (Å²) in [6.07, 6.45) is 4.38. The predicted molar refractivity (Wildman–Crippen MR) is 49.9 cm³/mol. The molecular formula is C7H9BrO2S. The summed E-state index contributed by atoms with van der Waals surface area (Å²) in [5.74, 6) is 0. The van der Waals surface area contributed by atoms with Gasteiger partial charge in [-0.25, -0.2) is 4.21 Å². The van der Waals surface area contributed by atoms with Gasteiger partial charge in [0.2, 0.25) is 0 Å². The first kappa shape index (κ1) is 9.16. The van der Waals surface area contributed by atoms with Crippen molar-refractivity contribution in [3.05, 3.63) is 22.2 Å². The van der Waals surface area contributed by atoms with E-state index in [9.17, 15) is 4.21 Å². The van der Waals surface area contributed by atoms with Gasteiger partial charge in [-0.1, -0.05) is 28.1 Å². The number of rotatable bonds is 1. The first-order valence-electron chi connectivity index (χ1n) is 3.25. The minimum absolute atomic E-state index is 0.226. The Morgan fingerprint density at radius 3 is 2.91 bits per heavy atom. The van der Waals surface area contributed by atoms with Gasteiger partial charge in [-0.15, -0.1) is 0 Å². The Kier molecular flexibility index (Phi) is 3.04. The summed E-state index contributed by atoms with van der Waals surface area (Å²) in [4.78, 5) is 0. The zero-order chi connectivity index (χ0) is 8.43. The number of hydrogen-bond acceptors (Lipinski definition) is 1. The van der Waals surface area contributed by atoms with E-state index >= 15 is 0 Å². The zero-order valence-electron chi connectivity index (χ0n) is 6.08. The molecule has 0 radical (unpaired) electrons. The van der Waals surface area contributed by atoms with E-state index in [-0.39, 0.29) is 5.25 Å². The Morgan fingerprint density at radius 1 is 1.82 bits per heavy atom. The van der Waals surface area contributed by atoms with E-state index in [0.29, 0.717) is 6.42 Å². The molecule has 0 saturated carbocycles. The first-order chi connectivity index (χ1) is 5.11. The van der Waals surface area contributed by atoms with Crippen LogP contribution in [0.25, 0.3) is 0 Å². The minimum Gasteiger partial charge on any atom is -0.306 e. The summed E-state index contributed by atoms with van der Waals surface area (Å²) in [7, 11) is 0. The molecule has 2 nitrogen and oxygen atoms in total. The Bertz CT molecular complexity index is 245. The summed E-state index contributed by atoms with van der Waals surface area (Å²) in [5.41, 5.74) is 1.03. The fraction of sp³-hybridized carbons (Fsp3) is 0.429. The SMILES string of the molecule is CC1=CC(S(=O)O)CC=C1Br. The van der Waals surface area contributed by atoms with Gasteiger partial charge in [0.05, 0.1) is 5.25 Å². The van der Waals surface area contributed by atoms with Crippen molar-refractivity contribution in [1.82, 2.24) is 0 Å². The molecule has 0 saturated heterocycles. The molecule has 1 aliphatic carbocycles. The minimum atomic E-state index is -1.73. The second kappa shape index (κ2) is 3.65. The average molecular weight is 237 g/mol. The molecule has 0 aliphatic heterocycles. The number of halogens is 1. The fourth-order valence-electron chi connectivity index (χ4n) is 0.948. The van der Waals surface area contributed by atoms with Gasteiger partial charge in [0.25, 0.3) is 0 Å². The lowest BCUT2D eigenvalue weighted by molar-refractivity contribution is 0.555. The van der Waals surface area contributed by atoms with E-state index in [1.807, 2.05) is 19.1 Å². The molecule has 1 rings (SSSR count). The number of allylic oxidation sites excluding steroid dienone is 3. The maximum atomic E-state index is 10.6. The number of hydrogen-bond donors (Lipinski definition) is 1. The molecule has 0 fully saturated rings. The standard InChI is InChI=1S/C7H9BrO2S/c1-5-4-6(11(9)10)2-3-7(5)8/h3-4,6H,2H2,1H3,(H,9,10). The average Bonchev–Trinajstić information content (AvgIpc) is 1.94. The van der Waals surface area contributed by atoms with E-state index in [0.717, 1.165) is 10.1 Å². The topological polar surface area (TPSA) is 37.3 Å². The van der Waals surface area contributed by atoms with Crippen LogP contribution in [0.3, 0.4) is 0 Å². The van der Waals surface area contributed by atoms with Gasteiger partial charge in [0.1, 0.15) is 0 Å². The van der Waals surface area contributed by atoms with Crippen LogP contribution in [-0.4, -0.2) is 14.0 Å². The summed E-state index contributed by atoms with van der Waals surface area (Å²) in [6, 6.07) is 0. The van der Waals surface area contributed by atoms with Crippen molar-refractivity contribution in [1.29, 1.82) is 0 Å². The molecule has 11 heavy (non-hydrogen) atoms. The molecule has 1 aliphatic rings. The predicted octanol–water partition coefficient (Wildman–Crippen LogP) is 2.21. The van der Waals surface area contributed by atoms with E-state index < -0.39 is 11.1 Å². The van der Waals surface area contributed by atoms with Crippen molar-refractivity contribution in [2.75, 3.05) is 0 Å². The Hall–Kier alpha value is 0.0700. The molecular weight excluding hydrogens is 228 g/mol. The molecule has 2 unspecified atom stereocenters. The van der Waals surface area contributed by atoms with E-state index in [4.69, 9.17) is 4.55 Å². The fourth-order valence-corrected chi connectivity index (χ4v) is 1.85. The van der Waals surface area contributed by atoms with Crippen LogP contribution in [0.1, 0.15) is 13.3 Å². The van der Waals surface area contributed by atoms with Gasteiger partial charge in [-0.2, -0.15) is 0 Å². The molecule has 0 aromatic rings. The Balaban J connectivity index is 2.77. The van der Waals surface area contributed by atoms with Crippen molar-refractivity contribution < 1.29 is 8.76 Å². The van der Waals surface area contributed by atoms with Crippen molar-refractivity contribution >= 4 is 27.0 Å². The van der Waals surface area contributed by atoms with Crippen LogP contribution in [0, 0.1) is 0 Å². The molecule has 0 amide bonds. The first-order valence-corrected chi connectivity index (χ1v) is 5.21. The second-order valence-corrected chi connectivity index (χ2v) is 4.46. The molecule has 4 heteroatoms. The van der Waals surface area contributed by atoms with Crippen LogP contribution < -0.4 is 0 Å². The largest absolute Gasteiger partial charge is 0.306 e. The maximum absolute atomic E-state index is 10.6. The molecule has 0 aromatic heterocycles. The van der Waals surface area contributed by atoms with E-state index in [2.05, 4.69) is 15.9 Å². The molecule has 62 valence electrons. The van der Waals surface area contributed by atoms with E-state index in [1.165, 1.54) is 0 Å². The van der Waals surface area contributed by atoms with Gasteiger partial charge in [-0.05, 0) is 18.9 Å². The van der Waals surface area contributed by atoms with Gasteiger partial charge >= 0.3 is 0 Å². The molecule has 0 bridgehead atoms. The van der Waals surface area contributed by atoms with Crippen LogP contribution in [0.5, 0.6) is 0 Å². The Labute approximate surface area is 76.8 Å². The van der Waals surface area contributed by atoms with Crippen molar-refractivity contribution in [2.24, 2.45) is 0 Å². The third kappa shape index (κ3) is 2.25. The summed E-state index contributed by atoms with van der Waals surface area (Å²) in [5, 5.41) is -0.226. The third-order valence-electron chi connectivity index (χ3n) is 1.60. The van der Waals surface area contributed by atoms with Crippen LogP contribution in [0.4, 0.5) is 0 Å². The summed E-state index contributed by atoms with van der Waals surface area (Å²) >= 11 is 1.61. The summed E-state index contributed by atoms with van der Waals surface area (Å²) in [6.45, 7) is 1.92. The van der Waals surface area contributed by atoms with Gasteiger partial charge in [-0.3, -0.25) is 0 Å². The van der Waals surface area contributed by atoms with Gasteiger partial charge in [0.15, 0.2) is 11.1 Å². The highest BCUT2D eigenvalue weighted by atomic mass is 79.9. The molecule has 2 atom stereocenters. The van der Waals surface area contributed by atoms with Gasteiger partial charge < -0.3 is 4.55 Å².